The summed E-state index contributed by atoms with van der Waals surface area (Å²) >= 11 is 0. The third-order valence-corrected chi connectivity index (χ3v) is 2.10. The highest BCUT2D eigenvalue weighted by atomic mass is 16.5. The molecule has 5 heteroatoms. The summed E-state index contributed by atoms with van der Waals surface area (Å²) in [7, 11) is 0. The third-order valence-electron chi connectivity index (χ3n) is 2.10. The van der Waals surface area contributed by atoms with E-state index in [0.29, 0.717) is 19.3 Å². The van der Waals surface area contributed by atoms with Crippen molar-refractivity contribution in [2.75, 3.05) is 6.61 Å². The Labute approximate surface area is 95.0 Å². The van der Waals surface area contributed by atoms with E-state index in [0.717, 1.165) is 6.42 Å². The Kier molecular flexibility index (Phi) is 4.98. The summed E-state index contributed by atoms with van der Waals surface area (Å²) in [4.78, 5) is 14.7. The largest absolute Gasteiger partial charge is 0.464 e. The lowest BCUT2D eigenvalue weighted by Gasteiger charge is -2.20. The maximum Gasteiger partial charge on any atom is 0.301 e. The predicted molar refractivity (Wildman–Crippen MR) is 60.5 cm³/mol. The highest BCUT2D eigenvalue weighted by Crippen LogP contribution is 2.10. The molecule has 1 aromatic heterocycles. The van der Waals surface area contributed by atoms with Crippen molar-refractivity contribution in [2.45, 2.75) is 40.0 Å². The molecule has 0 radical (unpaired) electrons. The van der Waals surface area contributed by atoms with Gasteiger partial charge in [0.05, 0.1) is 12.7 Å². The number of hydrogen-bond donors (Lipinski definition) is 0. The maximum atomic E-state index is 11.0. The van der Waals surface area contributed by atoms with E-state index in [9.17, 15) is 4.79 Å². The number of nitrogens with zero attached hydrogens (tertiary/aromatic N) is 2. The van der Waals surface area contributed by atoms with Crippen LogP contribution in [0.15, 0.2) is 17.1 Å². The van der Waals surface area contributed by atoms with Crippen LogP contribution in [-0.2, 0) is 11.5 Å². The molecule has 0 amide bonds. The molecule has 1 unspecified atom stereocenters. The van der Waals surface area contributed by atoms with Crippen LogP contribution in [0.2, 0.25) is 0 Å². The summed E-state index contributed by atoms with van der Waals surface area (Å²) in [5.41, 5.74) is -0.287. The summed E-state index contributed by atoms with van der Waals surface area (Å²) in [6.07, 6.45) is 2.61. The summed E-state index contributed by atoms with van der Waals surface area (Å²) in [6, 6.07) is 1.73. The van der Waals surface area contributed by atoms with E-state index in [2.05, 4.69) is 4.98 Å². The van der Waals surface area contributed by atoms with Crippen molar-refractivity contribution in [3.63, 3.8) is 0 Å². The van der Waals surface area contributed by atoms with Crippen LogP contribution in [0.1, 0.15) is 27.2 Å². The molecule has 0 fully saturated rings. The van der Waals surface area contributed by atoms with Crippen LogP contribution >= 0.6 is 0 Å². The Hall–Kier alpha value is -1.36. The summed E-state index contributed by atoms with van der Waals surface area (Å²) in [5, 5.41) is 0. The van der Waals surface area contributed by atoms with Gasteiger partial charge in [-0.2, -0.15) is 4.98 Å². The first kappa shape index (κ1) is 12.7. The van der Waals surface area contributed by atoms with Gasteiger partial charge in [0, 0.05) is 18.7 Å². The smallest absolute Gasteiger partial charge is 0.301 e. The molecule has 1 aliphatic rings. The molecular weight excluding hydrogens is 208 g/mol. The molecule has 2 heterocycles. The molecular formula is C11H18N2O3. The van der Waals surface area contributed by atoms with Crippen LogP contribution < -0.4 is 10.3 Å². The number of fused-ring (bicyclic) bond motifs is 1. The SMILES string of the molecule is CC.CC1CCOc2nc(=O)ccn2CO1. The second kappa shape index (κ2) is 6.27. The van der Waals surface area contributed by atoms with E-state index in [4.69, 9.17) is 9.47 Å². The molecule has 0 aliphatic carbocycles. The minimum Gasteiger partial charge on any atom is -0.464 e. The van der Waals surface area contributed by atoms with E-state index >= 15 is 0 Å². The van der Waals surface area contributed by atoms with Gasteiger partial charge < -0.3 is 9.47 Å². The van der Waals surface area contributed by atoms with E-state index < -0.39 is 0 Å². The van der Waals surface area contributed by atoms with Gasteiger partial charge in [-0.05, 0) is 6.92 Å². The van der Waals surface area contributed by atoms with Crippen molar-refractivity contribution >= 4 is 0 Å². The fourth-order valence-corrected chi connectivity index (χ4v) is 1.23. The van der Waals surface area contributed by atoms with Gasteiger partial charge in [-0.1, -0.05) is 13.8 Å². The summed E-state index contributed by atoms with van der Waals surface area (Å²) in [5.74, 6) is 0. The lowest BCUT2D eigenvalue weighted by Crippen LogP contribution is -2.23. The van der Waals surface area contributed by atoms with Gasteiger partial charge >= 0.3 is 6.01 Å². The van der Waals surface area contributed by atoms with Crippen LogP contribution in [0.25, 0.3) is 0 Å². The molecule has 0 spiro atoms. The summed E-state index contributed by atoms with van der Waals surface area (Å²) < 4.78 is 12.5. The Bertz CT molecular complexity index is 376. The van der Waals surface area contributed by atoms with Crippen molar-refractivity contribution in [3.8, 4) is 6.01 Å². The van der Waals surface area contributed by atoms with Crippen LogP contribution in [0, 0.1) is 0 Å². The van der Waals surface area contributed by atoms with Crippen molar-refractivity contribution in [1.82, 2.24) is 9.55 Å². The Morgan fingerprint density at radius 1 is 1.50 bits per heavy atom. The second-order valence-electron chi connectivity index (χ2n) is 3.26. The van der Waals surface area contributed by atoms with Crippen molar-refractivity contribution in [2.24, 2.45) is 0 Å². The van der Waals surface area contributed by atoms with Crippen LogP contribution in [0.5, 0.6) is 6.01 Å². The van der Waals surface area contributed by atoms with Crippen molar-refractivity contribution in [3.05, 3.63) is 22.6 Å². The molecule has 5 nitrogen and oxygen atoms in total. The molecule has 0 N–H and O–H groups in total. The van der Waals surface area contributed by atoms with Gasteiger partial charge in [0.25, 0.3) is 5.56 Å². The second-order valence-corrected chi connectivity index (χ2v) is 3.26. The Balaban J connectivity index is 0.000000606. The van der Waals surface area contributed by atoms with Gasteiger partial charge in [0.2, 0.25) is 0 Å². The normalized spacial score (nSPS) is 19.3. The monoisotopic (exact) mass is 226 g/mol. The minimum absolute atomic E-state index is 0.169. The molecule has 16 heavy (non-hydrogen) atoms. The van der Waals surface area contributed by atoms with E-state index in [1.807, 2.05) is 20.8 Å². The zero-order valence-corrected chi connectivity index (χ0v) is 9.97. The molecule has 90 valence electrons. The van der Waals surface area contributed by atoms with Gasteiger partial charge in [0.1, 0.15) is 6.73 Å². The van der Waals surface area contributed by atoms with E-state index in [1.165, 1.54) is 6.07 Å². The standard InChI is InChI=1S/C9H12N2O3.C2H6/c1-7-3-5-13-9-10-8(12)2-4-11(9)6-14-7;1-2/h2,4,7H,3,5-6H2,1H3;1-2H3. The Morgan fingerprint density at radius 3 is 3.00 bits per heavy atom. The van der Waals surface area contributed by atoms with Crippen molar-refractivity contribution in [1.29, 1.82) is 0 Å². The number of aromatic nitrogens is 2. The summed E-state index contributed by atoms with van der Waals surface area (Å²) in [6.45, 7) is 6.89. The van der Waals surface area contributed by atoms with Crippen LogP contribution in [0.3, 0.4) is 0 Å². The Morgan fingerprint density at radius 2 is 2.25 bits per heavy atom. The minimum atomic E-state index is -0.287. The molecule has 0 saturated carbocycles. The molecule has 2 rings (SSSR count). The highest BCUT2D eigenvalue weighted by molar-refractivity contribution is 4.98. The fourth-order valence-electron chi connectivity index (χ4n) is 1.23. The zero-order chi connectivity index (χ0) is 12.0. The van der Waals surface area contributed by atoms with Gasteiger partial charge in [-0.25, -0.2) is 0 Å². The van der Waals surface area contributed by atoms with Crippen LogP contribution in [0.4, 0.5) is 0 Å². The number of rotatable bonds is 0. The molecule has 1 atom stereocenters. The van der Waals surface area contributed by atoms with E-state index in [-0.39, 0.29) is 11.7 Å². The van der Waals surface area contributed by atoms with Gasteiger partial charge in [0.15, 0.2) is 0 Å². The average Bonchev–Trinajstić information content (AvgIpc) is 2.28. The van der Waals surface area contributed by atoms with Crippen molar-refractivity contribution < 1.29 is 9.47 Å². The molecule has 1 aromatic rings. The van der Waals surface area contributed by atoms with Crippen LogP contribution in [-0.4, -0.2) is 22.3 Å². The first-order valence-corrected chi connectivity index (χ1v) is 5.57. The molecule has 1 aliphatic heterocycles. The number of ether oxygens (including phenoxy) is 2. The fraction of sp³-hybridized carbons (Fsp3) is 0.636. The predicted octanol–water partition coefficient (Wildman–Crippen LogP) is 1.41. The molecule has 0 bridgehead atoms. The first-order valence-electron chi connectivity index (χ1n) is 5.57. The number of hydrogen-bond acceptors (Lipinski definition) is 4. The first-order chi connectivity index (χ1) is 7.75. The van der Waals surface area contributed by atoms with E-state index in [1.54, 1.807) is 10.8 Å². The third kappa shape index (κ3) is 3.34. The lowest BCUT2D eigenvalue weighted by molar-refractivity contribution is -0.0127. The zero-order valence-electron chi connectivity index (χ0n) is 9.97. The topological polar surface area (TPSA) is 53.3 Å². The molecule has 0 aromatic carbocycles. The average molecular weight is 226 g/mol. The van der Waals surface area contributed by atoms with Gasteiger partial charge in [-0.3, -0.25) is 9.36 Å². The lowest BCUT2D eigenvalue weighted by atomic mass is 10.3. The quantitative estimate of drug-likeness (QED) is 0.671. The maximum absolute atomic E-state index is 11.0. The highest BCUT2D eigenvalue weighted by Gasteiger charge is 2.11. The molecule has 0 saturated heterocycles. The van der Waals surface area contributed by atoms with Gasteiger partial charge in [-0.15, -0.1) is 0 Å².